The van der Waals surface area contributed by atoms with Crippen molar-refractivity contribution >= 4 is 15.9 Å². The van der Waals surface area contributed by atoms with Gasteiger partial charge in [0.1, 0.15) is 11.6 Å². The molecule has 3 rings (SSSR count). The van der Waals surface area contributed by atoms with Crippen molar-refractivity contribution in [1.82, 2.24) is 14.6 Å². The molecule has 0 atom stereocenters. The van der Waals surface area contributed by atoms with Crippen molar-refractivity contribution < 1.29 is 22.0 Å². The minimum Gasteiger partial charge on any atom is -0.351 e. The summed E-state index contributed by atoms with van der Waals surface area (Å²) >= 11 is 0. The number of rotatable bonds is 6. The number of carbonyl (C=O) groups is 1. The summed E-state index contributed by atoms with van der Waals surface area (Å²) in [6, 6.07) is 8.25. The molecule has 2 heterocycles. The molecule has 1 aromatic carbocycles. The molecular formula is C20H23F2N3O3S. The number of piperidine rings is 1. The van der Waals surface area contributed by atoms with Crippen LogP contribution in [0.5, 0.6) is 0 Å². The number of aromatic nitrogens is 1. The molecule has 0 spiro atoms. The summed E-state index contributed by atoms with van der Waals surface area (Å²) in [7, 11) is -3.30. The van der Waals surface area contributed by atoms with Crippen molar-refractivity contribution in [3.05, 3.63) is 65.5 Å². The van der Waals surface area contributed by atoms with E-state index in [9.17, 15) is 22.0 Å². The number of hydrogen-bond donors (Lipinski definition) is 1. The topological polar surface area (TPSA) is 79.4 Å². The first-order chi connectivity index (χ1) is 13.8. The Morgan fingerprint density at radius 2 is 1.93 bits per heavy atom. The third kappa shape index (κ3) is 4.62. The number of pyridine rings is 1. The van der Waals surface area contributed by atoms with Crippen LogP contribution >= 0.6 is 0 Å². The van der Waals surface area contributed by atoms with E-state index < -0.39 is 33.0 Å². The molecule has 156 valence electrons. The highest BCUT2D eigenvalue weighted by Gasteiger charge is 2.40. The number of benzene rings is 1. The minimum absolute atomic E-state index is 0.0319. The van der Waals surface area contributed by atoms with Crippen LogP contribution in [0.15, 0.2) is 42.6 Å². The smallest absolute Gasteiger partial charge is 0.254 e. The zero-order valence-corrected chi connectivity index (χ0v) is 16.9. The molecule has 1 saturated heterocycles. The highest BCUT2D eigenvalue weighted by atomic mass is 32.2. The number of nitrogens with zero attached hydrogens (tertiary/aromatic N) is 2. The van der Waals surface area contributed by atoms with Crippen molar-refractivity contribution in [2.75, 3.05) is 25.4 Å². The van der Waals surface area contributed by atoms with Gasteiger partial charge in [-0.05, 0) is 44.0 Å². The third-order valence-corrected chi connectivity index (χ3v) is 7.29. The molecule has 0 aliphatic carbocycles. The Morgan fingerprint density at radius 3 is 2.52 bits per heavy atom. The maximum Gasteiger partial charge on any atom is 0.254 e. The SMILES string of the molecule is CCS(=O)(=O)N1CCC(CNC(=O)c2ccc(F)cc2F)(c2ccccn2)CC1. The van der Waals surface area contributed by atoms with Crippen LogP contribution in [0.1, 0.15) is 35.8 Å². The van der Waals surface area contributed by atoms with Gasteiger partial charge in [-0.25, -0.2) is 21.5 Å². The second-order valence-corrected chi connectivity index (χ2v) is 9.36. The van der Waals surface area contributed by atoms with Crippen LogP contribution < -0.4 is 5.32 Å². The number of amides is 1. The maximum atomic E-state index is 13.9. The van der Waals surface area contributed by atoms with Gasteiger partial charge < -0.3 is 5.32 Å². The minimum atomic E-state index is -3.30. The largest absolute Gasteiger partial charge is 0.351 e. The highest BCUT2D eigenvalue weighted by molar-refractivity contribution is 7.89. The first-order valence-electron chi connectivity index (χ1n) is 9.40. The average Bonchev–Trinajstić information content (AvgIpc) is 2.73. The third-order valence-electron chi connectivity index (χ3n) is 5.41. The predicted molar refractivity (Wildman–Crippen MR) is 105 cm³/mol. The van der Waals surface area contributed by atoms with Gasteiger partial charge >= 0.3 is 0 Å². The van der Waals surface area contributed by atoms with E-state index in [1.165, 1.54) is 4.31 Å². The van der Waals surface area contributed by atoms with Gasteiger partial charge in [0.2, 0.25) is 10.0 Å². The molecule has 1 aliphatic rings. The van der Waals surface area contributed by atoms with Crippen molar-refractivity contribution in [2.24, 2.45) is 0 Å². The Labute approximate surface area is 169 Å². The van der Waals surface area contributed by atoms with Crippen molar-refractivity contribution in [2.45, 2.75) is 25.2 Å². The molecule has 29 heavy (non-hydrogen) atoms. The fourth-order valence-electron chi connectivity index (χ4n) is 3.59. The van der Waals surface area contributed by atoms with Crippen LogP contribution in [0.2, 0.25) is 0 Å². The Bertz CT molecular complexity index is 976. The quantitative estimate of drug-likeness (QED) is 0.774. The van der Waals surface area contributed by atoms with Gasteiger partial charge in [0, 0.05) is 43.0 Å². The van der Waals surface area contributed by atoms with Gasteiger partial charge in [-0.15, -0.1) is 0 Å². The van der Waals surface area contributed by atoms with E-state index in [1.807, 2.05) is 12.1 Å². The number of sulfonamides is 1. The Balaban J connectivity index is 1.80. The van der Waals surface area contributed by atoms with E-state index in [1.54, 1.807) is 19.2 Å². The van der Waals surface area contributed by atoms with E-state index in [0.717, 1.165) is 17.8 Å². The molecule has 0 bridgehead atoms. The number of halogens is 2. The van der Waals surface area contributed by atoms with Crippen LogP contribution in [0.3, 0.4) is 0 Å². The molecule has 0 unspecified atom stereocenters. The molecule has 0 saturated carbocycles. The molecule has 1 N–H and O–H groups in total. The Morgan fingerprint density at radius 1 is 1.21 bits per heavy atom. The summed E-state index contributed by atoms with van der Waals surface area (Å²) in [5.41, 5.74) is -0.0744. The normalized spacial score (nSPS) is 17.1. The van der Waals surface area contributed by atoms with Gasteiger partial charge in [0.15, 0.2) is 0 Å². The molecule has 9 heteroatoms. The summed E-state index contributed by atoms with van der Waals surface area (Å²) < 4.78 is 52.8. The van der Waals surface area contributed by atoms with E-state index in [4.69, 9.17) is 0 Å². The van der Waals surface area contributed by atoms with Gasteiger partial charge in [0.05, 0.1) is 11.3 Å². The molecule has 2 aromatic rings. The first kappa shape index (κ1) is 21.3. The fourth-order valence-corrected chi connectivity index (χ4v) is 4.70. The number of nitrogens with one attached hydrogen (secondary N) is 1. The average molecular weight is 423 g/mol. The summed E-state index contributed by atoms with van der Waals surface area (Å²) in [4.78, 5) is 16.9. The van der Waals surface area contributed by atoms with Crippen molar-refractivity contribution in [3.8, 4) is 0 Å². The first-order valence-corrected chi connectivity index (χ1v) is 11.0. The van der Waals surface area contributed by atoms with Crippen LogP contribution in [-0.2, 0) is 15.4 Å². The lowest BCUT2D eigenvalue weighted by Crippen LogP contribution is -2.51. The molecule has 1 amide bonds. The molecule has 1 fully saturated rings. The van der Waals surface area contributed by atoms with Gasteiger partial charge in [0.25, 0.3) is 5.91 Å². The van der Waals surface area contributed by atoms with E-state index in [0.29, 0.717) is 32.0 Å². The molecule has 1 aliphatic heterocycles. The van der Waals surface area contributed by atoms with Gasteiger partial charge in [-0.1, -0.05) is 6.07 Å². The summed E-state index contributed by atoms with van der Waals surface area (Å²) in [5, 5.41) is 2.73. The number of carbonyl (C=O) groups excluding carboxylic acids is 1. The Kier molecular flexibility index (Phi) is 6.28. The van der Waals surface area contributed by atoms with Gasteiger partial charge in [-0.3, -0.25) is 9.78 Å². The second kappa shape index (κ2) is 8.54. The van der Waals surface area contributed by atoms with Crippen LogP contribution in [0.4, 0.5) is 8.78 Å². The summed E-state index contributed by atoms with van der Waals surface area (Å²) in [6.07, 6.45) is 2.58. The molecular weight excluding hydrogens is 400 g/mol. The lowest BCUT2D eigenvalue weighted by atomic mass is 9.75. The summed E-state index contributed by atoms with van der Waals surface area (Å²) in [6.45, 7) is 2.40. The highest BCUT2D eigenvalue weighted by Crippen LogP contribution is 2.35. The Hall–Kier alpha value is -2.39. The van der Waals surface area contributed by atoms with Crippen molar-refractivity contribution in [1.29, 1.82) is 0 Å². The molecule has 1 aromatic heterocycles. The maximum absolute atomic E-state index is 13.9. The molecule has 0 radical (unpaired) electrons. The van der Waals surface area contributed by atoms with E-state index in [2.05, 4.69) is 10.3 Å². The van der Waals surface area contributed by atoms with Crippen LogP contribution in [0, 0.1) is 11.6 Å². The van der Waals surface area contributed by atoms with E-state index >= 15 is 0 Å². The number of hydrogen-bond acceptors (Lipinski definition) is 4. The predicted octanol–water partition coefficient (Wildman–Crippen LogP) is 2.47. The van der Waals surface area contributed by atoms with Crippen molar-refractivity contribution in [3.63, 3.8) is 0 Å². The fraction of sp³-hybridized carbons (Fsp3) is 0.400. The second-order valence-electron chi connectivity index (χ2n) is 7.10. The van der Waals surface area contributed by atoms with Crippen LogP contribution in [0.25, 0.3) is 0 Å². The van der Waals surface area contributed by atoms with Gasteiger partial charge in [-0.2, -0.15) is 0 Å². The monoisotopic (exact) mass is 423 g/mol. The lowest BCUT2D eigenvalue weighted by Gasteiger charge is -2.41. The van der Waals surface area contributed by atoms with Crippen LogP contribution in [-0.4, -0.2) is 49.0 Å². The zero-order chi connectivity index (χ0) is 21.1. The standard InChI is InChI=1S/C20H23F2N3O3S/c1-2-29(27,28)25-11-8-20(9-12-25,18-5-3-4-10-23-18)14-24-19(26)16-7-6-15(21)13-17(16)22/h3-7,10,13H,2,8-9,11-12,14H2,1H3,(H,24,26). The van der Waals surface area contributed by atoms with E-state index in [-0.39, 0.29) is 17.9 Å². The summed E-state index contributed by atoms with van der Waals surface area (Å²) in [5.74, 6) is -2.31. The zero-order valence-electron chi connectivity index (χ0n) is 16.1. The molecule has 6 nitrogen and oxygen atoms in total. The lowest BCUT2D eigenvalue weighted by molar-refractivity contribution is 0.0928.